The van der Waals surface area contributed by atoms with Gasteiger partial charge < -0.3 is 4.98 Å². The van der Waals surface area contributed by atoms with Crippen LogP contribution >= 0.6 is 0 Å². The Labute approximate surface area is 232 Å². The molecule has 0 atom stereocenters. The largest absolute Gasteiger partial charge is 0.304 e. The van der Waals surface area contributed by atoms with E-state index in [4.69, 9.17) is 15.0 Å². The summed E-state index contributed by atoms with van der Waals surface area (Å²) in [4.78, 5) is 14.7. The molecule has 0 spiro atoms. The monoisotopic (exact) mass is 661 g/mol. The Kier molecular flexibility index (Phi) is 7.04. The van der Waals surface area contributed by atoms with Crippen molar-refractivity contribution in [3.63, 3.8) is 0 Å². The van der Waals surface area contributed by atoms with Gasteiger partial charge in [0.25, 0.3) is 0 Å². The Morgan fingerprint density at radius 1 is 0.722 bits per heavy atom. The maximum absolute atomic E-state index is 4.93. The minimum atomic E-state index is -0.0568. The van der Waals surface area contributed by atoms with Crippen molar-refractivity contribution in [1.29, 1.82) is 0 Å². The second-order valence-electron chi connectivity index (χ2n) is 13.9. The molecule has 0 aliphatic heterocycles. The fourth-order valence-electron chi connectivity index (χ4n) is 5.16. The standard InChI is InChI=1S/C32H42N3.Ir/c1-28(2,3)25-18-26(29(4,5)6)35-27(34-25)21-14-16-24(33-19-21)20-13-15-22-23(17-20)31(9,10)32(11,12)30(22,7)8;/h14-19H,1-12H3;/q-1;. The Hall–Kier alpha value is -1.90. The number of aromatic nitrogens is 3. The van der Waals surface area contributed by atoms with E-state index in [1.807, 2.05) is 6.20 Å². The van der Waals surface area contributed by atoms with E-state index in [0.717, 1.165) is 34.0 Å². The quantitative estimate of drug-likeness (QED) is 0.260. The Bertz CT molecular complexity index is 1240. The van der Waals surface area contributed by atoms with Crippen LogP contribution in [0.15, 0.2) is 36.5 Å². The van der Waals surface area contributed by atoms with Crippen LogP contribution in [0.2, 0.25) is 0 Å². The molecule has 0 unspecified atom stereocenters. The van der Waals surface area contributed by atoms with E-state index in [1.54, 1.807) is 0 Å². The van der Waals surface area contributed by atoms with E-state index in [1.165, 1.54) is 11.1 Å². The van der Waals surface area contributed by atoms with Crippen LogP contribution < -0.4 is 0 Å². The zero-order valence-electron chi connectivity index (χ0n) is 24.1. The van der Waals surface area contributed by atoms with Crippen molar-refractivity contribution in [2.75, 3.05) is 0 Å². The minimum absolute atomic E-state index is 0. The molecule has 3 aromatic rings. The Balaban J connectivity index is 0.00000361. The number of fused-ring (bicyclic) bond motifs is 1. The number of benzene rings is 1. The third-order valence-electron chi connectivity index (χ3n) is 8.98. The molecule has 0 amide bonds. The molecule has 0 N–H and O–H groups in total. The molecular formula is C32H42IrN3-. The van der Waals surface area contributed by atoms with Crippen molar-refractivity contribution < 1.29 is 20.1 Å². The molecule has 2 heterocycles. The summed E-state index contributed by atoms with van der Waals surface area (Å²) in [6.07, 6.45) is 1.91. The average molecular weight is 661 g/mol. The van der Waals surface area contributed by atoms with Crippen molar-refractivity contribution in [2.45, 2.75) is 105 Å². The minimum Gasteiger partial charge on any atom is -0.304 e. The van der Waals surface area contributed by atoms with Crippen molar-refractivity contribution in [3.05, 3.63) is 65.1 Å². The van der Waals surface area contributed by atoms with Gasteiger partial charge in [0.2, 0.25) is 0 Å². The Morgan fingerprint density at radius 3 is 1.72 bits per heavy atom. The second kappa shape index (κ2) is 8.84. The van der Waals surface area contributed by atoms with Crippen LogP contribution in [-0.4, -0.2) is 15.0 Å². The molecule has 0 fully saturated rings. The normalized spacial score (nSPS) is 17.9. The van der Waals surface area contributed by atoms with Crippen molar-refractivity contribution in [2.24, 2.45) is 5.41 Å². The summed E-state index contributed by atoms with van der Waals surface area (Å²) in [6, 6.07) is 14.4. The fraction of sp³-hybridized carbons (Fsp3) is 0.531. The SMILES string of the molecule is CC(C)(C)c1cc(C(C)(C)C)nc(-c2ccc(-c3[c-]cc4c(c3)C(C)(C)C(C)(C)C4(C)C)nc2)n1.[Ir]. The molecule has 195 valence electrons. The number of rotatable bonds is 2. The molecule has 0 saturated carbocycles. The molecule has 4 heteroatoms. The predicted octanol–water partition coefficient (Wildman–Crippen LogP) is 8.19. The molecule has 0 bridgehead atoms. The summed E-state index contributed by atoms with van der Waals surface area (Å²) in [5.41, 5.74) is 7.97. The first-order valence-corrected chi connectivity index (χ1v) is 12.8. The van der Waals surface area contributed by atoms with Crippen LogP contribution in [0.1, 0.15) is 106 Å². The van der Waals surface area contributed by atoms with Crippen LogP contribution in [0.4, 0.5) is 0 Å². The Morgan fingerprint density at radius 2 is 1.25 bits per heavy atom. The van der Waals surface area contributed by atoms with Gasteiger partial charge in [-0.25, -0.2) is 9.97 Å². The summed E-state index contributed by atoms with van der Waals surface area (Å²) in [5.74, 6) is 0.740. The van der Waals surface area contributed by atoms with E-state index >= 15 is 0 Å². The maximum atomic E-state index is 4.93. The smallest absolute Gasteiger partial charge is 0.161 e. The summed E-state index contributed by atoms with van der Waals surface area (Å²) in [5, 5.41) is 0. The zero-order valence-corrected chi connectivity index (χ0v) is 26.5. The van der Waals surface area contributed by atoms with E-state index in [-0.39, 0.29) is 47.2 Å². The van der Waals surface area contributed by atoms with E-state index in [0.29, 0.717) is 0 Å². The van der Waals surface area contributed by atoms with E-state index in [9.17, 15) is 0 Å². The zero-order chi connectivity index (χ0) is 26.2. The molecule has 36 heavy (non-hydrogen) atoms. The third kappa shape index (κ3) is 4.50. The summed E-state index contributed by atoms with van der Waals surface area (Å²) < 4.78 is 0. The topological polar surface area (TPSA) is 38.7 Å². The van der Waals surface area contributed by atoms with E-state index < -0.39 is 0 Å². The molecule has 3 nitrogen and oxygen atoms in total. The molecule has 4 rings (SSSR count). The first-order valence-electron chi connectivity index (χ1n) is 12.8. The number of hydrogen-bond donors (Lipinski definition) is 0. The molecule has 1 radical (unpaired) electrons. The predicted molar refractivity (Wildman–Crippen MR) is 147 cm³/mol. The number of nitrogens with zero attached hydrogens (tertiary/aromatic N) is 3. The first-order chi connectivity index (χ1) is 15.9. The number of pyridine rings is 1. The van der Waals surface area contributed by atoms with Crippen molar-refractivity contribution in [1.82, 2.24) is 15.0 Å². The third-order valence-corrected chi connectivity index (χ3v) is 8.98. The van der Waals surface area contributed by atoms with Gasteiger partial charge >= 0.3 is 0 Å². The molecule has 1 aliphatic rings. The van der Waals surface area contributed by atoms with Gasteiger partial charge in [0.1, 0.15) is 0 Å². The van der Waals surface area contributed by atoms with Gasteiger partial charge in [-0.3, -0.25) is 0 Å². The van der Waals surface area contributed by atoms with Crippen LogP contribution in [0, 0.1) is 11.5 Å². The maximum Gasteiger partial charge on any atom is 0.161 e. The molecular weight excluding hydrogens is 619 g/mol. The van der Waals surface area contributed by atoms with Gasteiger partial charge in [0, 0.05) is 42.7 Å². The van der Waals surface area contributed by atoms with Crippen LogP contribution in [-0.2, 0) is 41.8 Å². The van der Waals surface area contributed by atoms with Gasteiger partial charge in [0.05, 0.1) is 11.4 Å². The van der Waals surface area contributed by atoms with Crippen LogP contribution in [0.5, 0.6) is 0 Å². The second-order valence-corrected chi connectivity index (χ2v) is 13.9. The van der Waals surface area contributed by atoms with Crippen LogP contribution in [0.25, 0.3) is 22.6 Å². The van der Waals surface area contributed by atoms with Crippen molar-refractivity contribution >= 4 is 0 Å². The average Bonchev–Trinajstić information content (AvgIpc) is 2.86. The number of hydrogen-bond acceptors (Lipinski definition) is 3. The summed E-state index contributed by atoms with van der Waals surface area (Å²) >= 11 is 0. The van der Waals surface area contributed by atoms with Gasteiger partial charge in [-0.15, -0.1) is 34.9 Å². The van der Waals surface area contributed by atoms with Crippen LogP contribution in [0.3, 0.4) is 0 Å². The molecule has 1 aromatic carbocycles. The molecule has 2 aromatic heterocycles. The van der Waals surface area contributed by atoms with Crippen molar-refractivity contribution in [3.8, 4) is 22.6 Å². The first kappa shape index (κ1) is 28.7. The van der Waals surface area contributed by atoms with Gasteiger partial charge in [-0.05, 0) is 28.0 Å². The fourth-order valence-corrected chi connectivity index (χ4v) is 5.16. The van der Waals surface area contributed by atoms with Gasteiger partial charge in [-0.2, -0.15) is 0 Å². The summed E-state index contributed by atoms with van der Waals surface area (Å²) in [7, 11) is 0. The van der Waals surface area contributed by atoms with E-state index in [2.05, 4.69) is 119 Å². The van der Waals surface area contributed by atoms with Gasteiger partial charge in [-0.1, -0.05) is 95.2 Å². The molecule has 0 saturated heterocycles. The molecule has 1 aliphatic carbocycles. The van der Waals surface area contributed by atoms with Gasteiger partial charge in [0.15, 0.2) is 5.82 Å². The summed E-state index contributed by atoms with van der Waals surface area (Å²) in [6.45, 7) is 27.4.